The molecule has 4 rings (SSSR count). The van der Waals surface area contributed by atoms with Crippen molar-refractivity contribution in [1.29, 1.82) is 0 Å². The zero-order valence-corrected chi connectivity index (χ0v) is 22.6. The Morgan fingerprint density at radius 3 is 2.33 bits per heavy atom. The van der Waals surface area contributed by atoms with Gasteiger partial charge in [0.1, 0.15) is 18.1 Å². The number of ketones is 1. The molecule has 1 aliphatic heterocycles. The lowest BCUT2D eigenvalue weighted by Gasteiger charge is -2.26. The smallest absolute Gasteiger partial charge is 0.295 e. The predicted molar refractivity (Wildman–Crippen MR) is 147 cm³/mol. The molecular formula is C31H33NO7. The Bertz CT molecular complexity index is 1370. The quantitative estimate of drug-likeness (QED) is 0.160. The number of carbonyl (C=O) groups excluding carboxylic acids is 2. The predicted octanol–water partition coefficient (Wildman–Crippen LogP) is 5.05. The van der Waals surface area contributed by atoms with Crippen LogP contribution in [0.2, 0.25) is 0 Å². The number of methoxy groups -OCH3 is 3. The van der Waals surface area contributed by atoms with Crippen LogP contribution in [0.1, 0.15) is 34.7 Å². The molecule has 0 aliphatic carbocycles. The lowest BCUT2D eigenvalue weighted by Crippen LogP contribution is -2.31. The Hall–Kier alpha value is -4.30. The number of Topliss-reactive ketones (excluding diaryl/α,β-unsaturated/α-hetero) is 1. The number of nitrogens with zero attached hydrogens (tertiary/aromatic N) is 1. The second kappa shape index (κ2) is 12.5. The number of amides is 1. The molecule has 0 saturated carbocycles. The summed E-state index contributed by atoms with van der Waals surface area (Å²) in [7, 11) is 4.63. The van der Waals surface area contributed by atoms with Gasteiger partial charge in [0.25, 0.3) is 11.7 Å². The molecule has 204 valence electrons. The summed E-state index contributed by atoms with van der Waals surface area (Å²) in [5.41, 5.74) is 2.82. The van der Waals surface area contributed by atoms with Crippen LogP contribution in [0, 0.1) is 6.92 Å². The Morgan fingerprint density at radius 1 is 0.923 bits per heavy atom. The number of benzene rings is 3. The minimum absolute atomic E-state index is 0.0192. The third-order valence-electron chi connectivity index (χ3n) is 6.71. The number of carbonyl (C=O) groups is 2. The molecule has 0 bridgehead atoms. The molecule has 1 heterocycles. The Morgan fingerprint density at radius 2 is 1.67 bits per heavy atom. The van der Waals surface area contributed by atoms with Crippen LogP contribution in [-0.2, 0) is 20.9 Å². The monoisotopic (exact) mass is 531 g/mol. The Kier molecular flexibility index (Phi) is 8.88. The van der Waals surface area contributed by atoms with Crippen molar-refractivity contribution in [2.75, 3.05) is 34.5 Å². The summed E-state index contributed by atoms with van der Waals surface area (Å²) in [6.45, 7) is 2.92. The first-order chi connectivity index (χ1) is 18.9. The molecule has 0 radical (unpaired) electrons. The number of hydrogen-bond donors (Lipinski definition) is 1. The molecule has 3 aromatic rings. The lowest BCUT2D eigenvalue weighted by atomic mass is 9.93. The maximum absolute atomic E-state index is 13.3. The van der Waals surface area contributed by atoms with E-state index in [1.165, 1.54) is 19.1 Å². The summed E-state index contributed by atoms with van der Waals surface area (Å²) in [6.07, 6.45) is 0.528. The van der Waals surface area contributed by atoms with Crippen LogP contribution in [0.4, 0.5) is 0 Å². The second-order valence-electron chi connectivity index (χ2n) is 9.20. The largest absolute Gasteiger partial charge is 0.507 e. The van der Waals surface area contributed by atoms with Crippen LogP contribution < -0.4 is 14.2 Å². The molecule has 1 atom stereocenters. The summed E-state index contributed by atoms with van der Waals surface area (Å²) in [5, 5.41) is 11.5. The highest BCUT2D eigenvalue weighted by atomic mass is 16.5. The van der Waals surface area contributed by atoms with Gasteiger partial charge in [-0.2, -0.15) is 0 Å². The second-order valence-corrected chi connectivity index (χ2v) is 9.20. The number of rotatable bonds is 11. The number of aliphatic hydroxyl groups excluding tert-OH is 1. The average molecular weight is 532 g/mol. The van der Waals surface area contributed by atoms with E-state index in [0.29, 0.717) is 53.6 Å². The van der Waals surface area contributed by atoms with Crippen LogP contribution in [0.15, 0.2) is 72.3 Å². The molecule has 3 aromatic carbocycles. The van der Waals surface area contributed by atoms with Gasteiger partial charge in [0.15, 0.2) is 11.5 Å². The van der Waals surface area contributed by atoms with Crippen molar-refractivity contribution in [2.24, 2.45) is 0 Å². The average Bonchev–Trinajstić information content (AvgIpc) is 3.21. The van der Waals surface area contributed by atoms with Crippen molar-refractivity contribution in [3.8, 4) is 17.2 Å². The summed E-state index contributed by atoms with van der Waals surface area (Å²) < 4.78 is 21.9. The van der Waals surface area contributed by atoms with Gasteiger partial charge in [0.05, 0.1) is 25.8 Å². The first-order valence-electron chi connectivity index (χ1n) is 12.7. The topological polar surface area (TPSA) is 94.5 Å². The molecule has 1 aliphatic rings. The van der Waals surface area contributed by atoms with Crippen molar-refractivity contribution in [3.63, 3.8) is 0 Å². The summed E-state index contributed by atoms with van der Waals surface area (Å²) in [4.78, 5) is 28.0. The van der Waals surface area contributed by atoms with Crippen molar-refractivity contribution in [3.05, 3.63) is 94.6 Å². The van der Waals surface area contributed by atoms with Gasteiger partial charge in [0, 0.05) is 25.8 Å². The third kappa shape index (κ3) is 5.91. The summed E-state index contributed by atoms with van der Waals surface area (Å²) in [5.74, 6) is -0.0617. The standard InChI is InChI=1S/C31H33NO7/c1-20-17-23(39-19-21-9-6-5-7-10-21)12-13-24(20)29(33)27-28(22-11-14-25(37-3)26(18-22)38-4)32(15-8-16-36-2)31(35)30(27)34/h5-7,9-14,17-18,28,33H,8,15-16,19H2,1-4H3. The summed E-state index contributed by atoms with van der Waals surface area (Å²) >= 11 is 0. The highest BCUT2D eigenvalue weighted by Gasteiger charge is 2.46. The van der Waals surface area contributed by atoms with Crippen molar-refractivity contribution < 1.29 is 33.6 Å². The van der Waals surface area contributed by atoms with E-state index < -0.39 is 17.7 Å². The van der Waals surface area contributed by atoms with E-state index in [1.807, 2.05) is 37.3 Å². The highest BCUT2D eigenvalue weighted by molar-refractivity contribution is 6.46. The van der Waals surface area contributed by atoms with Gasteiger partial charge in [-0.05, 0) is 60.4 Å². The van der Waals surface area contributed by atoms with Gasteiger partial charge >= 0.3 is 0 Å². The van der Waals surface area contributed by atoms with E-state index >= 15 is 0 Å². The van der Waals surface area contributed by atoms with Crippen LogP contribution in [0.3, 0.4) is 0 Å². The fourth-order valence-electron chi connectivity index (χ4n) is 4.74. The fraction of sp³-hybridized carbons (Fsp3) is 0.290. The molecule has 1 saturated heterocycles. The van der Waals surface area contributed by atoms with E-state index in [2.05, 4.69) is 0 Å². The molecule has 0 aromatic heterocycles. The van der Waals surface area contributed by atoms with E-state index in [4.69, 9.17) is 18.9 Å². The number of likely N-dealkylation sites (tertiary alicyclic amines) is 1. The van der Waals surface area contributed by atoms with E-state index in [1.54, 1.807) is 43.5 Å². The van der Waals surface area contributed by atoms with Crippen molar-refractivity contribution in [2.45, 2.75) is 26.0 Å². The van der Waals surface area contributed by atoms with Gasteiger partial charge in [-0.3, -0.25) is 9.59 Å². The highest BCUT2D eigenvalue weighted by Crippen LogP contribution is 2.42. The maximum atomic E-state index is 13.3. The minimum Gasteiger partial charge on any atom is -0.507 e. The van der Waals surface area contributed by atoms with Crippen LogP contribution in [-0.4, -0.2) is 56.2 Å². The minimum atomic E-state index is -0.810. The molecule has 1 unspecified atom stereocenters. The van der Waals surface area contributed by atoms with Gasteiger partial charge < -0.3 is 29.0 Å². The number of hydrogen-bond acceptors (Lipinski definition) is 7. The lowest BCUT2D eigenvalue weighted by molar-refractivity contribution is -0.140. The normalized spacial score (nSPS) is 16.4. The van der Waals surface area contributed by atoms with Crippen LogP contribution in [0.5, 0.6) is 17.2 Å². The van der Waals surface area contributed by atoms with Gasteiger partial charge in [0.2, 0.25) is 0 Å². The number of aryl methyl sites for hydroxylation is 1. The molecular weight excluding hydrogens is 498 g/mol. The van der Waals surface area contributed by atoms with Gasteiger partial charge in [-0.25, -0.2) is 0 Å². The molecule has 1 fully saturated rings. The van der Waals surface area contributed by atoms with E-state index in [0.717, 1.165) is 5.56 Å². The first-order valence-corrected chi connectivity index (χ1v) is 12.7. The summed E-state index contributed by atoms with van der Waals surface area (Å²) in [6, 6.07) is 19.4. The zero-order chi connectivity index (χ0) is 27.9. The van der Waals surface area contributed by atoms with Gasteiger partial charge in [-0.1, -0.05) is 36.4 Å². The van der Waals surface area contributed by atoms with Crippen LogP contribution in [0.25, 0.3) is 5.76 Å². The van der Waals surface area contributed by atoms with Crippen molar-refractivity contribution in [1.82, 2.24) is 4.90 Å². The first kappa shape index (κ1) is 27.7. The molecule has 1 N–H and O–H groups in total. The third-order valence-corrected chi connectivity index (χ3v) is 6.71. The number of aliphatic hydroxyl groups is 1. The Balaban J connectivity index is 1.73. The Labute approximate surface area is 228 Å². The van der Waals surface area contributed by atoms with E-state index in [-0.39, 0.29) is 17.9 Å². The van der Waals surface area contributed by atoms with Crippen molar-refractivity contribution >= 4 is 17.4 Å². The van der Waals surface area contributed by atoms with Crippen LogP contribution >= 0.6 is 0 Å². The molecule has 8 heteroatoms. The fourth-order valence-corrected chi connectivity index (χ4v) is 4.74. The van der Waals surface area contributed by atoms with E-state index in [9.17, 15) is 14.7 Å². The SMILES string of the molecule is COCCCN1C(=O)C(=O)C(=C(O)c2ccc(OCc3ccccc3)cc2C)C1c1ccc(OC)c(OC)c1. The molecule has 0 spiro atoms. The number of ether oxygens (including phenoxy) is 4. The molecule has 1 amide bonds. The van der Waals surface area contributed by atoms with Gasteiger partial charge in [-0.15, -0.1) is 0 Å². The molecule has 8 nitrogen and oxygen atoms in total. The maximum Gasteiger partial charge on any atom is 0.295 e. The molecule has 39 heavy (non-hydrogen) atoms. The zero-order valence-electron chi connectivity index (χ0n) is 22.6.